The average molecular weight is 362 g/mol. The van der Waals surface area contributed by atoms with Gasteiger partial charge in [-0.15, -0.1) is 0 Å². The van der Waals surface area contributed by atoms with Gasteiger partial charge >= 0.3 is 6.09 Å². The zero-order valence-electron chi connectivity index (χ0n) is 14.7. The molecule has 5 nitrogen and oxygen atoms in total. The Morgan fingerprint density at radius 1 is 1.00 bits per heavy atom. The minimum absolute atomic E-state index is 0.0530. The van der Waals surface area contributed by atoms with Crippen LogP contribution in [0.5, 0.6) is 0 Å². The van der Waals surface area contributed by atoms with Crippen molar-refractivity contribution in [3.8, 4) is 0 Å². The van der Waals surface area contributed by atoms with Gasteiger partial charge in [-0.25, -0.2) is 13.6 Å². The van der Waals surface area contributed by atoms with Crippen LogP contribution in [0.25, 0.3) is 0 Å². The van der Waals surface area contributed by atoms with E-state index in [-0.39, 0.29) is 23.4 Å². The molecule has 0 fully saturated rings. The van der Waals surface area contributed by atoms with Crippen LogP contribution in [-0.4, -0.2) is 17.6 Å². The number of nitrogens with one attached hydrogen (secondary N) is 2. The van der Waals surface area contributed by atoms with Gasteiger partial charge in [0.2, 0.25) is 5.91 Å². The number of ether oxygens (including phenoxy) is 1. The zero-order valence-corrected chi connectivity index (χ0v) is 14.7. The van der Waals surface area contributed by atoms with Gasteiger partial charge in [0.15, 0.2) is 0 Å². The van der Waals surface area contributed by atoms with E-state index >= 15 is 0 Å². The van der Waals surface area contributed by atoms with Crippen molar-refractivity contribution in [3.05, 3.63) is 59.7 Å². The summed E-state index contributed by atoms with van der Waals surface area (Å²) in [6.45, 7) is 5.11. The zero-order chi connectivity index (χ0) is 19.3. The first kappa shape index (κ1) is 19.4. The summed E-state index contributed by atoms with van der Waals surface area (Å²) in [5.74, 6) is -1.65. The fourth-order valence-corrected chi connectivity index (χ4v) is 2.15. The van der Waals surface area contributed by atoms with Crippen LogP contribution < -0.4 is 10.6 Å². The average Bonchev–Trinajstić information content (AvgIpc) is 2.50. The number of hydrogen-bond acceptors (Lipinski definition) is 3. The number of amides is 2. The van der Waals surface area contributed by atoms with Crippen LogP contribution in [0.4, 0.5) is 25.0 Å². The monoisotopic (exact) mass is 362 g/mol. The highest BCUT2D eigenvalue weighted by Crippen LogP contribution is 2.24. The standard InChI is InChI=1S/C19H20F2N2O3/c1-19(2,3)26-18(25)23-15-9-8-13(20)11-16(15)22-17(24)10-12-6-4-5-7-14(12)21/h4-9,11H,10H2,1-3H3,(H,22,24)(H,23,25). The molecule has 26 heavy (non-hydrogen) atoms. The molecule has 2 rings (SSSR count). The predicted octanol–water partition coefficient (Wildman–Crippen LogP) is 4.49. The first-order valence-electron chi connectivity index (χ1n) is 7.97. The highest BCUT2D eigenvalue weighted by molar-refractivity contribution is 5.98. The second-order valence-corrected chi connectivity index (χ2v) is 6.63. The topological polar surface area (TPSA) is 67.4 Å². The van der Waals surface area contributed by atoms with Gasteiger partial charge in [0.1, 0.15) is 17.2 Å². The predicted molar refractivity (Wildman–Crippen MR) is 95.0 cm³/mol. The number of carbonyl (C=O) groups excluding carboxylic acids is 2. The molecular formula is C19H20F2N2O3. The van der Waals surface area contributed by atoms with Crippen molar-refractivity contribution in [2.45, 2.75) is 32.8 Å². The summed E-state index contributed by atoms with van der Waals surface area (Å²) < 4.78 is 32.3. The molecule has 0 aromatic heterocycles. The Morgan fingerprint density at radius 2 is 1.69 bits per heavy atom. The fourth-order valence-electron chi connectivity index (χ4n) is 2.15. The molecule has 0 atom stereocenters. The third-order valence-electron chi connectivity index (χ3n) is 3.20. The molecule has 0 aliphatic carbocycles. The van der Waals surface area contributed by atoms with Gasteiger partial charge in [-0.2, -0.15) is 0 Å². The highest BCUT2D eigenvalue weighted by Gasteiger charge is 2.18. The molecule has 138 valence electrons. The Balaban J connectivity index is 2.13. The molecule has 0 bridgehead atoms. The third kappa shape index (κ3) is 5.84. The first-order chi connectivity index (χ1) is 12.1. The molecule has 2 N–H and O–H groups in total. The van der Waals surface area contributed by atoms with Crippen molar-refractivity contribution in [1.29, 1.82) is 0 Å². The Labute approximate surface area is 150 Å². The van der Waals surface area contributed by atoms with Crippen molar-refractivity contribution >= 4 is 23.4 Å². The number of hydrogen-bond donors (Lipinski definition) is 2. The van der Waals surface area contributed by atoms with Crippen molar-refractivity contribution in [1.82, 2.24) is 0 Å². The Hall–Kier alpha value is -2.96. The SMILES string of the molecule is CC(C)(C)OC(=O)Nc1ccc(F)cc1NC(=O)Cc1ccccc1F. The van der Waals surface area contributed by atoms with Crippen LogP contribution in [0.15, 0.2) is 42.5 Å². The lowest BCUT2D eigenvalue weighted by Gasteiger charge is -2.20. The summed E-state index contributed by atoms with van der Waals surface area (Å²) >= 11 is 0. The first-order valence-corrected chi connectivity index (χ1v) is 7.97. The summed E-state index contributed by atoms with van der Waals surface area (Å²) in [4.78, 5) is 24.1. The molecule has 0 saturated carbocycles. The van der Waals surface area contributed by atoms with Gasteiger partial charge in [-0.3, -0.25) is 10.1 Å². The number of anilines is 2. The van der Waals surface area contributed by atoms with Gasteiger partial charge in [-0.05, 0) is 50.6 Å². The maximum atomic E-state index is 13.6. The third-order valence-corrected chi connectivity index (χ3v) is 3.20. The van der Waals surface area contributed by atoms with E-state index < -0.39 is 29.2 Å². The second kappa shape index (κ2) is 7.95. The van der Waals surface area contributed by atoms with Gasteiger partial charge in [0.25, 0.3) is 0 Å². The number of benzene rings is 2. The van der Waals surface area contributed by atoms with E-state index in [4.69, 9.17) is 4.74 Å². The largest absolute Gasteiger partial charge is 0.444 e. The van der Waals surface area contributed by atoms with Crippen LogP contribution in [0.3, 0.4) is 0 Å². The number of carbonyl (C=O) groups is 2. The highest BCUT2D eigenvalue weighted by atomic mass is 19.1. The molecule has 0 aliphatic rings. The molecule has 0 radical (unpaired) electrons. The molecule has 0 spiro atoms. The lowest BCUT2D eigenvalue weighted by atomic mass is 10.1. The van der Waals surface area contributed by atoms with Gasteiger partial charge in [0.05, 0.1) is 17.8 Å². The van der Waals surface area contributed by atoms with E-state index in [1.165, 1.54) is 24.3 Å². The van der Waals surface area contributed by atoms with E-state index in [1.807, 2.05) is 0 Å². The fraction of sp³-hybridized carbons (Fsp3) is 0.263. The molecule has 0 heterocycles. The van der Waals surface area contributed by atoms with Crippen LogP contribution in [0.2, 0.25) is 0 Å². The quantitative estimate of drug-likeness (QED) is 0.842. The minimum Gasteiger partial charge on any atom is -0.444 e. The van der Waals surface area contributed by atoms with Crippen LogP contribution in [0.1, 0.15) is 26.3 Å². The summed E-state index contributed by atoms with van der Waals surface area (Å²) in [6.07, 6.45) is -0.969. The summed E-state index contributed by atoms with van der Waals surface area (Å²) in [5, 5.41) is 4.94. The van der Waals surface area contributed by atoms with E-state index in [2.05, 4.69) is 10.6 Å². The number of rotatable bonds is 4. The summed E-state index contributed by atoms with van der Waals surface area (Å²) in [7, 11) is 0. The van der Waals surface area contributed by atoms with Crippen molar-refractivity contribution < 1.29 is 23.1 Å². The van der Waals surface area contributed by atoms with Crippen LogP contribution in [0, 0.1) is 11.6 Å². The molecule has 0 aliphatic heterocycles. The number of halogens is 2. The lowest BCUT2D eigenvalue weighted by Crippen LogP contribution is -2.27. The van der Waals surface area contributed by atoms with Crippen LogP contribution >= 0.6 is 0 Å². The minimum atomic E-state index is -0.742. The van der Waals surface area contributed by atoms with Gasteiger partial charge < -0.3 is 10.1 Å². The second-order valence-electron chi connectivity index (χ2n) is 6.63. The molecule has 2 aromatic carbocycles. The normalized spacial score (nSPS) is 11.0. The lowest BCUT2D eigenvalue weighted by molar-refractivity contribution is -0.115. The maximum absolute atomic E-state index is 13.6. The molecule has 2 aromatic rings. The molecule has 0 saturated heterocycles. The Kier molecular flexibility index (Phi) is 5.92. The van der Waals surface area contributed by atoms with E-state index in [0.29, 0.717) is 0 Å². The molecule has 2 amide bonds. The van der Waals surface area contributed by atoms with E-state index in [9.17, 15) is 18.4 Å². The Morgan fingerprint density at radius 3 is 2.35 bits per heavy atom. The van der Waals surface area contributed by atoms with E-state index in [1.54, 1.807) is 26.8 Å². The van der Waals surface area contributed by atoms with Crippen molar-refractivity contribution in [3.63, 3.8) is 0 Å². The molecule has 7 heteroatoms. The van der Waals surface area contributed by atoms with Crippen molar-refractivity contribution in [2.24, 2.45) is 0 Å². The molecule has 0 unspecified atom stereocenters. The maximum Gasteiger partial charge on any atom is 0.412 e. The van der Waals surface area contributed by atoms with Gasteiger partial charge in [0, 0.05) is 0 Å². The van der Waals surface area contributed by atoms with Crippen molar-refractivity contribution in [2.75, 3.05) is 10.6 Å². The summed E-state index contributed by atoms with van der Waals surface area (Å²) in [6, 6.07) is 9.37. The van der Waals surface area contributed by atoms with Crippen LogP contribution in [-0.2, 0) is 16.0 Å². The smallest absolute Gasteiger partial charge is 0.412 e. The Bertz CT molecular complexity index is 817. The van der Waals surface area contributed by atoms with Gasteiger partial charge in [-0.1, -0.05) is 18.2 Å². The summed E-state index contributed by atoms with van der Waals surface area (Å²) in [5.41, 5.74) is -0.277. The molecular weight excluding hydrogens is 342 g/mol. The van der Waals surface area contributed by atoms with E-state index in [0.717, 1.165) is 12.1 Å².